The number of carboxylic acid groups (broad SMARTS) is 1. The fraction of sp³-hybridized carbons (Fsp3) is 0.471. The van der Waals surface area contributed by atoms with Crippen LogP contribution in [-0.4, -0.2) is 41.6 Å². The lowest BCUT2D eigenvalue weighted by molar-refractivity contribution is -0.310. The maximum absolute atomic E-state index is 12.0. The minimum absolute atomic E-state index is 0.0401. The van der Waals surface area contributed by atoms with Crippen LogP contribution in [0.5, 0.6) is 5.75 Å². The number of nitrogens with zero attached hydrogens (tertiary/aromatic N) is 1. The van der Waals surface area contributed by atoms with Gasteiger partial charge in [0, 0.05) is 14.0 Å². The number of benzene rings is 1. The zero-order valence-electron chi connectivity index (χ0n) is 14.5. The van der Waals surface area contributed by atoms with Gasteiger partial charge in [0.05, 0.1) is 12.0 Å². The van der Waals surface area contributed by atoms with Gasteiger partial charge in [-0.15, -0.1) is 0 Å². The molecular formula is C17H22NO6-. The smallest absolute Gasteiger partial charge is 0.410 e. The molecule has 0 saturated carbocycles. The summed E-state index contributed by atoms with van der Waals surface area (Å²) >= 11 is 0. The van der Waals surface area contributed by atoms with Crippen molar-refractivity contribution in [1.82, 2.24) is 4.90 Å². The highest BCUT2D eigenvalue weighted by atomic mass is 16.6. The molecule has 7 heteroatoms. The summed E-state index contributed by atoms with van der Waals surface area (Å²) in [4.78, 5) is 35.3. The number of amides is 1. The largest absolute Gasteiger partial charge is 0.548 e. The van der Waals surface area contributed by atoms with Crippen LogP contribution in [0.4, 0.5) is 4.79 Å². The van der Waals surface area contributed by atoms with Crippen LogP contribution in [-0.2, 0) is 20.7 Å². The van der Waals surface area contributed by atoms with Crippen LogP contribution in [0.1, 0.15) is 33.3 Å². The van der Waals surface area contributed by atoms with E-state index >= 15 is 0 Å². The summed E-state index contributed by atoms with van der Waals surface area (Å²) in [6.45, 7) is 6.37. The first-order chi connectivity index (χ1) is 11.0. The number of aliphatic carboxylic acids is 1. The van der Waals surface area contributed by atoms with Crippen LogP contribution < -0.4 is 9.84 Å². The van der Waals surface area contributed by atoms with Crippen molar-refractivity contribution in [2.45, 2.75) is 45.8 Å². The van der Waals surface area contributed by atoms with E-state index in [-0.39, 0.29) is 6.42 Å². The number of hydrogen-bond donors (Lipinski definition) is 0. The third-order valence-corrected chi connectivity index (χ3v) is 3.04. The molecule has 0 heterocycles. The molecule has 0 N–H and O–H groups in total. The molecule has 24 heavy (non-hydrogen) atoms. The van der Waals surface area contributed by atoms with E-state index < -0.39 is 29.7 Å². The van der Waals surface area contributed by atoms with E-state index in [1.165, 1.54) is 14.0 Å². The van der Waals surface area contributed by atoms with Crippen LogP contribution in [0.15, 0.2) is 24.3 Å². The lowest BCUT2D eigenvalue weighted by atomic mass is 10.1. The topological polar surface area (TPSA) is 96.0 Å². The molecule has 0 radical (unpaired) electrons. The molecular weight excluding hydrogens is 314 g/mol. The Balaban J connectivity index is 2.84. The van der Waals surface area contributed by atoms with Crippen LogP contribution in [0.25, 0.3) is 0 Å². The number of carboxylic acids is 1. The van der Waals surface area contributed by atoms with Gasteiger partial charge in [0.2, 0.25) is 0 Å². The van der Waals surface area contributed by atoms with Gasteiger partial charge in [0.25, 0.3) is 0 Å². The Morgan fingerprint density at radius 1 is 1.17 bits per heavy atom. The quantitative estimate of drug-likeness (QED) is 0.591. The van der Waals surface area contributed by atoms with Gasteiger partial charge < -0.3 is 24.3 Å². The Bertz CT molecular complexity index is 603. The SMILES string of the molecule is CC(=O)Oc1ccc(C[C@@H](C(=O)[O-])N(C)C(=O)OC(C)(C)C)cc1. The number of carbonyl (C=O) groups is 3. The second-order valence-corrected chi connectivity index (χ2v) is 6.37. The van der Waals surface area contributed by atoms with Crippen LogP contribution >= 0.6 is 0 Å². The Labute approximate surface area is 141 Å². The summed E-state index contributed by atoms with van der Waals surface area (Å²) in [5, 5.41) is 11.4. The first kappa shape index (κ1) is 19.5. The van der Waals surface area contributed by atoms with Gasteiger partial charge >= 0.3 is 12.1 Å². The van der Waals surface area contributed by atoms with Gasteiger partial charge in [0.15, 0.2) is 0 Å². The molecule has 0 bridgehead atoms. The summed E-state index contributed by atoms with van der Waals surface area (Å²) in [6.07, 6.45) is -0.702. The monoisotopic (exact) mass is 336 g/mol. The minimum Gasteiger partial charge on any atom is -0.548 e. The predicted molar refractivity (Wildman–Crippen MR) is 84.2 cm³/mol. The summed E-state index contributed by atoms with van der Waals surface area (Å²) < 4.78 is 10.1. The predicted octanol–water partition coefficient (Wildman–Crippen LogP) is 1.14. The summed E-state index contributed by atoms with van der Waals surface area (Å²) in [6, 6.07) is 5.17. The molecule has 0 fully saturated rings. The summed E-state index contributed by atoms with van der Waals surface area (Å²) in [5.74, 6) is -1.47. The maximum Gasteiger partial charge on any atom is 0.410 e. The second kappa shape index (κ2) is 7.81. The highest BCUT2D eigenvalue weighted by Gasteiger charge is 2.26. The average molecular weight is 336 g/mol. The van der Waals surface area contributed by atoms with Gasteiger partial charge in [-0.2, -0.15) is 0 Å². The van der Waals surface area contributed by atoms with Crippen molar-refractivity contribution in [2.24, 2.45) is 0 Å². The lowest BCUT2D eigenvalue weighted by Gasteiger charge is -2.31. The van der Waals surface area contributed by atoms with Crippen LogP contribution in [0.2, 0.25) is 0 Å². The average Bonchev–Trinajstić information content (AvgIpc) is 2.43. The van der Waals surface area contributed by atoms with E-state index in [2.05, 4.69) is 0 Å². The molecule has 0 aromatic heterocycles. The summed E-state index contributed by atoms with van der Waals surface area (Å²) in [5.41, 5.74) is -0.0800. The van der Waals surface area contributed by atoms with Gasteiger partial charge in [-0.3, -0.25) is 4.79 Å². The molecule has 1 aromatic carbocycles. The fourth-order valence-electron chi connectivity index (χ4n) is 1.92. The number of ether oxygens (including phenoxy) is 2. The molecule has 0 aliphatic rings. The lowest BCUT2D eigenvalue weighted by Crippen LogP contribution is -2.51. The Morgan fingerprint density at radius 2 is 1.71 bits per heavy atom. The van der Waals surface area contributed by atoms with Gasteiger partial charge in [-0.1, -0.05) is 12.1 Å². The van der Waals surface area contributed by atoms with Gasteiger partial charge in [-0.05, 0) is 44.9 Å². The molecule has 132 valence electrons. The zero-order chi connectivity index (χ0) is 18.5. The van der Waals surface area contributed by atoms with E-state index in [1.807, 2.05) is 0 Å². The molecule has 0 aliphatic carbocycles. The van der Waals surface area contributed by atoms with Crippen LogP contribution in [0, 0.1) is 0 Å². The van der Waals surface area contributed by atoms with E-state index in [9.17, 15) is 19.5 Å². The van der Waals surface area contributed by atoms with Crippen LogP contribution in [0.3, 0.4) is 0 Å². The van der Waals surface area contributed by atoms with Gasteiger partial charge in [0.1, 0.15) is 11.4 Å². The third kappa shape index (κ3) is 6.28. The van der Waals surface area contributed by atoms with Crippen molar-refractivity contribution >= 4 is 18.0 Å². The van der Waals surface area contributed by atoms with Crippen molar-refractivity contribution in [2.75, 3.05) is 7.05 Å². The molecule has 0 saturated heterocycles. The van der Waals surface area contributed by atoms with Crippen molar-refractivity contribution in [3.05, 3.63) is 29.8 Å². The number of likely N-dealkylation sites (N-methyl/N-ethyl adjacent to an activating group) is 1. The molecule has 7 nitrogen and oxygen atoms in total. The molecule has 1 amide bonds. The van der Waals surface area contributed by atoms with Crippen molar-refractivity contribution in [3.63, 3.8) is 0 Å². The van der Waals surface area contributed by atoms with E-state index in [0.717, 1.165) is 4.90 Å². The number of rotatable bonds is 5. The first-order valence-electron chi connectivity index (χ1n) is 7.43. The van der Waals surface area contributed by atoms with Gasteiger partial charge in [-0.25, -0.2) is 4.79 Å². The third-order valence-electron chi connectivity index (χ3n) is 3.04. The molecule has 0 unspecified atom stereocenters. The Hall–Kier alpha value is -2.57. The number of carbonyl (C=O) groups excluding carboxylic acids is 3. The number of hydrogen-bond acceptors (Lipinski definition) is 6. The number of esters is 1. The molecule has 1 rings (SSSR count). The Morgan fingerprint density at radius 3 is 2.12 bits per heavy atom. The highest BCUT2D eigenvalue weighted by molar-refractivity contribution is 5.79. The molecule has 0 aliphatic heterocycles. The zero-order valence-corrected chi connectivity index (χ0v) is 14.5. The maximum atomic E-state index is 12.0. The van der Waals surface area contributed by atoms with E-state index in [1.54, 1.807) is 45.0 Å². The van der Waals surface area contributed by atoms with E-state index in [4.69, 9.17) is 9.47 Å². The first-order valence-corrected chi connectivity index (χ1v) is 7.43. The molecule has 1 aromatic rings. The second-order valence-electron chi connectivity index (χ2n) is 6.37. The van der Waals surface area contributed by atoms with E-state index in [0.29, 0.717) is 11.3 Å². The standard InChI is InChI=1S/C17H23NO6/c1-11(19)23-13-8-6-12(7-9-13)10-14(15(20)21)18(5)16(22)24-17(2,3)4/h6-9,14H,10H2,1-5H3,(H,20,21)/p-1/t14-/m0/s1. The molecule has 0 spiro atoms. The highest BCUT2D eigenvalue weighted by Crippen LogP contribution is 2.16. The molecule has 1 atom stereocenters. The fourth-order valence-corrected chi connectivity index (χ4v) is 1.92. The van der Waals surface area contributed by atoms with Crippen molar-refractivity contribution < 1.29 is 29.0 Å². The minimum atomic E-state index is -1.38. The van der Waals surface area contributed by atoms with Crippen molar-refractivity contribution in [3.8, 4) is 5.75 Å². The van der Waals surface area contributed by atoms with Crippen molar-refractivity contribution in [1.29, 1.82) is 0 Å². The summed E-state index contributed by atoms with van der Waals surface area (Å²) in [7, 11) is 1.35. The normalized spacial score (nSPS) is 12.2. The Kier molecular flexibility index (Phi) is 6.34.